The molecule has 0 aliphatic carbocycles. The smallest absolute Gasteiger partial charge is 0.0861 e. The first kappa shape index (κ1) is 15.2. The van der Waals surface area contributed by atoms with Crippen LogP contribution in [0, 0.1) is 0 Å². The Bertz CT molecular complexity index is 249. The largest absolute Gasteiger partial charge is 0.393 e. The molecular weight excluding hydrogens is 200 g/mol. The van der Waals surface area contributed by atoms with E-state index < -0.39 is 6.10 Å². The molecule has 0 bridgehead atoms. The summed E-state index contributed by atoms with van der Waals surface area (Å²) in [6, 6.07) is 0. The summed E-state index contributed by atoms with van der Waals surface area (Å²) in [6.07, 6.45) is 7.00. The topological polar surface area (TPSA) is 40.5 Å². The monoisotopic (exact) mass is 224 g/mol. The van der Waals surface area contributed by atoms with Crippen molar-refractivity contribution in [3.05, 3.63) is 30.0 Å². The molecule has 0 saturated heterocycles. The lowest BCUT2D eigenvalue weighted by Gasteiger charge is -2.09. The normalized spacial score (nSPS) is 14.8. The van der Waals surface area contributed by atoms with Crippen LogP contribution in [0.3, 0.4) is 0 Å². The van der Waals surface area contributed by atoms with E-state index in [9.17, 15) is 10.2 Å². The molecule has 0 spiro atoms. The Morgan fingerprint density at radius 3 is 2.38 bits per heavy atom. The van der Waals surface area contributed by atoms with Crippen LogP contribution in [0.2, 0.25) is 0 Å². The standard InChI is InChI=1S/C14H24O2/c1-4-8-13(15)11-7-10-12(6-3)14(16)9-5-2/h7,10,13-16H,3-5,8-9,11H2,1-2H3/b10-7+. The van der Waals surface area contributed by atoms with Crippen molar-refractivity contribution in [3.8, 4) is 0 Å². The molecule has 0 aliphatic heterocycles. The molecule has 0 fully saturated rings. The van der Waals surface area contributed by atoms with Gasteiger partial charge in [0.2, 0.25) is 0 Å². The summed E-state index contributed by atoms with van der Waals surface area (Å²) >= 11 is 0. The fourth-order valence-electron chi connectivity index (χ4n) is 1.52. The van der Waals surface area contributed by atoms with Crippen molar-refractivity contribution in [2.75, 3.05) is 0 Å². The zero-order valence-electron chi connectivity index (χ0n) is 10.4. The van der Waals surface area contributed by atoms with Crippen LogP contribution in [0.1, 0.15) is 46.0 Å². The molecule has 0 amide bonds. The van der Waals surface area contributed by atoms with Gasteiger partial charge in [0.15, 0.2) is 0 Å². The molecule has 2 atom stereocenters. The van der Waals surface area contributed by atoms with Gasteiger partial charge in [-0.2, -0.15) is 0 Å². The van der Waals surface area contributed by atoms with E-state index in [1.165, 1.54) is 0 Å². The van der Waals surface area contributed by atoms with Crippen LogP contribution in [-0.2, 0) is 0 Å². The molecule has 0 aliphatic rings. The minimum Gasteiger partial charge on any atom is -0.393 e. The minimum absolute atomic E-state index is 0.282. The van der Waals surface area contributed by atoms with E-state index in [1.807, 2.05) is 26.0 Å². The lowest BCUT2D eigenvalue weighted by Crippen LogP contribution is -2.08. The van der Waals surface area contributed by atoms with Crippen molar-refractivity contribution in [2.45, 2.75) is 58.2 Å². The lowest BCUT2D eigenvalue weighted by atomic mass is 10.0. The minimum atomic E-state index is -0.484. The summed E-state index contributed by atoms with van der Waals surface area (Å²) in [4.78, 5) is 0. The van der Waals surface area contributed by atoms with Crippen LogP contribution in [-0.4, -0.2) is 22.4 Å². The van der Waals surface area contributed by atoms with E-state index >= 15 is 0 Å². The fourth-order valence-corrected chi connectivity index (χ4v) is 1.52. The zero-order chi connectivity index (χ0) is 12.4. The maximum atomic E-state index is 9.72. The third-order valence-corrected chi connectivity index (χ3v) is 2.45. The molecule has 0 saturated carbocycles. The first-order valence-corrected chi connectivity index (χ1v) is 6.08. The average Bonchev–Trinajstić information content (AvgIpc) is 2.25. The van der Waals surface area contributed by atoms with Crippen molar-refractivity contribution < 1.29 is 10.2 Å². The van der Waals surface area contributed by atoms with Crippen LogP contribution < -0.4 is 0 Å². The number of hydrogen-bond donors (Lipinski definition) is 2. The molecule has 0 aromatic heterocycles. The van der Waals surface area contributed by atoms with Gasteiger partial charge in [-0.1, -0.05) is 45.4 Å². The second-order valence-corrected chi connectivity index (χ2v) is 4.02. The van der Waals surface area contributed by atoms with Gasteiger partial charge in [0.25, 0.3) is 0 Å². The van der Waals surface area contributed by atoms with Gasteiger partial charge in [0.1, 0.15) is 0 Å². The van der Waals surface area contributed by atoms with Crippen molar-refractivity contribution in [3.63, 3.8) is 0 Å². The van der Waals surface area contributed by atoms with Crippen molar-refractivity contribution in [1.82, 2.24) is 0 Å². The van der Waals surface area contributed by atoms with Crippen molar-refractivity contribution in [1.29, 1.82) is 0 Å². The second kappa shape index (κ2) is 9.41. The summed E-state index contributed by atoms with van der Waals surface area (Å²) in [5.41, 5.74) is 3.45. The van der Waals surface area contributed by atoms with E-state index in [2.05, 4.69) is 12.3 Å². The maximum absolute atomic E-state index is 9.72. The van der Waals surface area contributed by atoms with E-state index in [1.54, 1.807) is 0 Å². The maximum Gasteiger partial charge on any atom is 0.0861 e. The first-order valence-electron chi connectivity index (χ1n) is 6.08. The van der Waals surface area contributed by atoms with Gasteiger partial charge >= 0.3 is 0 Å². The van der Waals surface area contributed by atoms with Crippen molar-refractivity contribution >= 4 is 0 Å². The zero-order valence-corrected chi connectivity index (χ0v) is 10.4. The van der Waals surface area contributed by atoms with Crippen molar-refractivity contribution in [2.24, 2.45) is 0 Å². The van der Waals surface area contributed by atoms with Crippen LogP contribution in [0.15, 0.2) is 30.0 Å². The Labute approximate surface area is 99.0 Å². The Balaban J connectivity index is 4.13. The Morgan fingerprint density at radius 2 is 1.88 bits per heavy atom. The van der Waals surface area contributed by atoms with Gasteiger partial charge < -0.3 is 10.2 Å². The fraction of sp³-hybridized carbons (Fsp3) is 0.643. The second-order valence-electron chi connectivity index (χ2n) is 4.02. The summed E-state index contributed by atoms with van der Waals surface area (Å²) < 4.78 is 0. The highest BCUT2D eigenvalue weighted by Crippen LogP contribution is 2.10. The van der Waals surface area contributed by atoms with E-state index in [-0.39, 0.29) is 6.10 Å². The Hall–Kier alpha value is -0.820. The quantitative estimate of drug-likeness (QED) is 0.491. The number of aliphatic hydroxyl groups excluding tert-OH is 2. The number of aliphatic hydroxyl groups is 2. The molecule has 16 heavy (non-hydrogen) atoms. The third-order valence-electron chi connectivity index (χ3n) is 2.45. The van der Waals surface area contributed by atoms with Crippen LogP contribution >= 0.6 is 0 Å². The summed E-state index contributed by atoms with van der Waals surface area (Å²) in [5, 5.41) is 19.2. The average molecular weight is 224 g/mol. The van der Waals surface area contributed by atoms with Crippen LogP contribution in [0.4, 0.5) is 0 Å². The Kier molecular flexibility index (Phi) is 8.93. The molecule has 0 aromatic carbocycles. The molecule has 0 heterocycles. The van der Waals surface area contributed by atoms with E-state index in [4.69, 9.17) is 0 Å². The molecule has 0 radical (unpaired) electrons. The molecule has 2 N–H and O–H groups in total. The van der Waals surface area contributed by atoms with E-state index in [0.29, 0.717) is 12.0 Å². The molecule has 0 aromatic rings. The third kappa shape index (κ3) is 6.62. The summed E-state index contributed by atoms with van der Waals surface area (Å²) in [7, 11) is 0. The van der Waals surface area contributed by atoms with Gasteiger partial charge in [-0.25, -0.2) is 0 Å². The molecule has 2 heteroatoms. The summed E-state index contributed by atoms with van der Waals surface area (Å²) in [6.45, 7) is 7.64. The van der Waals surface area contributed by atoms with Gasteiger partial charge in [-0.15, -0.1) is 5.73 Å². The van der Waals surface area contributed by atoms with E-state index in [0.717, 1.165) is 25.7 Å². The highest BCUT2D eigenvalue weighted by atomic mass is 16.3. The SMILES string of the molecule is C=C=C(/C=C/CC(O)CCC)C(O)CCC. The highest BCUT2D eigenvalue weighted by Gasteiger charge is 2.06. The molecule has 92 valence electrons. The lowest BCUT2D eigenvalue weighted by molar-refractivity contribution is 0.166. The van der Waals surface area contributed by atoms with Gasteiger partial charge in [0, 0.05) is 5.57 Å². The van der Waals surface area contributed by atoms with Gasteiger partial charge in [-0.3, -0.25) is 0 Å². The summed E-state index contributed by atoms with van der Waals surface area (Å²) in [5.74, 6) is 0. The predicted octanol–water partition coefficient (Wildman–Crippen LogP) is 2.97. The van der Waals surface area contributed by atoms with Gasteiger partial charge in [0.05, 0.1) is 12.2 Å². The van der Waals surface area contributed by atoms with Crippen LogP contribution in [0.5, 0.6) is 0 Å². The first-order chi connectivity index (χ1) is 7.65. The number of hydrogen-bond acceptors (Lipinski definition) is 2. The predicted molar refractivity (Wildman–Crippen MR) is 68.2 cm³/mol. The number of rotatable bonds is 8. The molecular formula is C14H24O2. The highest BCUT2D eigenvalue weighted by molar-refractivity contribution is 5.21. The molecule has 0 rings (SSSR count). The molecule has 2 nitrogen and oxygen atoms in total. The molecule has 2 unspecified atom stereocenters. The van der Waals surface area contributed by atoms with Crippen LogP contribution in [0.25, 0.3) is 0 Å². The van der Waals surface area contributed by atoms with Gasteiger partial charge in [-0.05, 0) is 19.3 Å². The Morgan fingerprint density at radius 1 is 1.25 bits per heavy atom.